The van der Waals surface area contributed by atoms with E-state index in [0.717, 1.165) is 22.8 Å². The molecule has 2 amide bonds. The monoisotopic (exact) mass is 382 g/mol. The fourth-order valence-electron chi connectivity index (χ4n) is 3.92. The Bertz CT molecular complexity index is 880. The predicted molar refractivity (Wildman–Crippen MR) is 107 cm³/mol. The predicted octanol–water partition coefficient (Wildman–Crippen LogP) is 2.70. The van der Waals surface area contributed by atoms with Gasteiger partial charge in [-0.25, -0.2) is 0 Å². The maximum absolute atomic E-state index is 12.8. The Kier molecular flexibility index (Phi) is 6.29. The van der Waals surface area contributed by atoms with E-state index in [2.05, 4.69) is 6.07 Å². The number of hydrogen-bond acceptors (Lipinski definition) is 3. The van der Waals surface area contributed by atoms with Gasteiger partial charge in [-0.05, 0) is 35.6 Å². The molecule has 0 aliphatic carbocycles. The maximum Gasteiger partial charge on any atom is 0.323 e. The molecule has 1 aliphatic rings. The molecule has 1 aliphatic heterocycles. The van der Waals surface area contributed by atoms with Gasteiger partial charge in [-0.3, -0.25) is 14.4 Å². The molecule has 1 atom stereocenters. The van der Waals surface area contributed by atoms with Crippen LogP contribution in [0.25, 0.3) is 10.8 Å². The summed E-state index contributed by atoms with van der Waals surface area (Å²) < 4.78 is 0. The summed E-state index contributed by atoms with van der Waals surface area (Å²) in [5.74, 6) is -1.17. The molecule has 0 radical (unpaired) electrons. The van der Waals surface area contributed by atoms with Gasteiger partial charge in [-0.15, -0.1) is 0 Å². The summed E-state index contributed by atoms with van der Waals surface area (Å²) in [6.07, 6.45) is 2.43. The Hall–Kier alpha value is -2.89. The molecule has 1 fully saturated rings. The van der Waals surface area contributed by atoms with Crippen LogP contribution in [0, 0.1) is 0 Å². The zero-order valence-electron chi connectivity index (χ0n) is 16.1. The molecule has 6 heteroatoms. The summed E-state index contributed by atoms with van der Waals surface area (Å²) in [6, 6.07) is 14.0. The van der Waals surface area contributed by atoms with E-state index in [4.69, 9.17) is 5.11 Å². The highest BCUT2D eigenvalue weighted by molar-refractivity contribution is 5.85. The lowest BCUT2D eigenvalue weighted by Crippen LogP contribution is -2.43. The van der Waals surface area contributed by atoms with Crippen molar-refractivity contribution in [2.24, 2.45) is 0 Å². The Morgan fingerprint density at radius 2 is 1.82 bits per heavy atom. The molecule has 0 bridgehead atoms. The average Bonchev–Trinajstić information content (AvgIpc) is 2.92. The lowest BCUT2D eigenvalue weighted by Gasteiger charge is -2.28. The Morgan fingerprint density at radius 3 is 2.54 bits per heavy atom. The molecule has 1 saturated heterocycles. The lowest BCUT2D eigenvalue weighted by molar-refractivity contribution is -0.145. The van der Waals surface area contributed by atoms with Crippen LogP contribution in [0.15, 0.2) is 42.5 Å². The molecule has 1 heterocycles. The van der Waals surface area contributed by atoms with Crippen LogP contribution in [-0.2, 0) is 20.8 Å². The van der Waals surface area contributed by atoms with Crippen LogP contribution in [-0.4, -0.2) is 58.4 Å². The van der Waals surface area contributed by atoms with Crippen molar-refractivity contribution in [1.29, 1.82) is 0 Å². The third kappa shape index (κ3) is 4.88. The van der Waals surface area contributed by atoms with Crippen molar-refractivity contribution in [3.8, 4) is 0 Å². The van der Waals surface area contributed by atoms with Gasteiger partial charge in [-0.2, -0.15) is 0 Å². The summed E-state index contributed by atoms with van der Waals surface area (Å²) in [5, 5.41) is 11.3. The molecule has 1 N–H and O–H groups in total. The number of hydrogen-bond donors (Lipinski definition) is 1. The number of nitrogens with zero attached hydrogens (tertiary/aromatic N) is 2. The van der Waals surface area contributed by atoms with Crippen LogP contribution in [0.2, 0.25) is 0 Å². The van der Waals surface area contributed by atoms with Gasteiger partial charge in [-0.1, -0.05) is 42.5 Å². The normalized spacial score (nSPS) is 17.2. The molecule has 0 aromatic heterocycles. The summed E-state index contributed by atoms with van der Waals surface area (Å²) >= 11 is 0. The van der Waals surface area contributed by atoms with E-state index in [1.807, 2.05) is 41.3 Å². The largest absolute Gasteiger partial charge is 0.480 e. The molecular formula is C22H26N2O4. The number of carboxylic acids is 1. The van der Waals surface area contributed by atoms with Gasteiger partial charge < -0.3 is 14.9 Å². The number of carbonyl (C=O) groups is 3. The quantitative estimate of drug-likeness (QED) is 0.862. The van der Waals surface area contributed by atoms with Crippen LogP contribution < -0.4 is 0 Å². The van der Waals surface area contributed by atoms with Crippen molar-refractivity contribution in [1.82, 2.24) is 9.80 Å². The summed E-state index contributed by atoms with van der Waals surface area (Å²) in [7, 11) is 0. The molecule has 28 heavy (non-hydrogen) atoms. The van der Waals surface area contributed by atoms with Gasteiger partial charge in [0, 0.05) is 26.1 Å². The van der Waals surface area contributed by atoms with Crippen molar-refractivity contribution in [2.45, 2.75) is 38.6 Å². The fraction of sp³-hybridized carbons (Fsp3) is 0.409. The second-order valence-corrected chi connectivity index (χ2v) is 7.36. The molecule has 0 spiro atoms. The van der Waals surface area contributed by atoms with Crippen LogP contribution in [0.5, 0.6) is 0 Å². The van der Waals surface area contributed by atoms with Gasteiger partial charge in [0.05, 0.1) is 6.42 Å². The van der Waals surface area contributed by atoms with E-state index in [1.54, 1.807) is 0 Å². The Morgan fingerprint density at radius 1 is 1.07 bits per heavy atom. The number of rotatable bonds is 5. The minimum atomic E-state index is -1.01. The highest BCUT2D eigenvalue weighted by Gasteiger charge is 2.27. The number of amides is 2. The smallest absolute Gasteiger partial charge is 0.323 e. The summed E-state index contributed by atoms with van der Waals surface area (Å²) in [5.41, 5.74) is 0.987. The third-order valence-electron chi connectivity index (χ3n) is 5.37. The summed E-state index contributed by atoms with van der Waals surface area (Å²) in [6.45, 7) is 2.30. The first kappa shape index (κ1) is 19.9. The van der Waals surface area contributed by atoms with Gasteiger partial charge in [0.1, 0.15) is 6.54 Å². The SMILES string of the molecule is CC(=O)N(CC(=O)O)C1CCCN(C(=O)Cc2ccc3ccccc3c2)CC1. The number of fused-ring (bicyclic) bond motifs is 1. The highest BCUT2D eigenvalue weighted by atomic mass is 16.4. The number of aliphatic carboxylic acids is 1. The topological polar surface area (TPSA) is 77.9 Å². The first-order chi connectivity index (χ1) is 13.4. The molecular weight excluding hydrogens is 356 g/mol. The van der Waals surface area contributed by atoms with E-state index in [1.165, 1.54) is 11.8 Å². The van der Waals surface area contributed by atoms with Crippen LogP contribution in [0.4, 0.5) is 0 Å². The second-order valence-electron chi connectivity index (χ2n) is 7.36. The standard InChI is InChI=1S/C22H26N2O4/c1-16(25)24(15-22(27)28)20-7-4-11-23(12-10-20)21(26)14-17-8-9-18-5-2-3-6-19(18)13-17/h2-3,5-6,8-9,13,20H,4,7,10-12,14-15H2,1H3,(H,27,28). The molecule has 2 aromatic rings. The van der Waals surface area contributed by atoms with Crippen molar-refractivity contribution in [3.63, 3.8) is 0 Å². The van der Waals surface area contributed by atoms with Crippen molar-refractivity contribution in [3.05, 3.63) is 48.0 Å². The molecule has 0 saturated carbocycles. The second kappa shape index (κ2) is 8.87. The average molecular weight is 382 g/mol. The molecule has 1 unspecified atom stereocenters. The number of carbonyl (C=O) groups excluding carboxylic acids is 2. The van der Waals surface area contributed by atoms with Gasteiger partial charge in [0.15, 0.2) is 0 Å². The van der Waals surface area contributed by atoms with E-state index in [0.29, 0.717) is 32.4 Å². The molecule has 3 rings (SSSR count). The minimum absolute atomic E-state index is 0.0727. The zero-order chi connectivity index (χ0) is 20.1. The molecule has 6 nitrogen and oxygen atoms in total. The fourth-order valence-corrected chi connectivity index (χ4v) is 3.92. The van der Waals surface area contributed by atoms with Crippen LogP contribution in [0.3, 0.4) is 0 Å². The zero-order valence-corrected chi connectivity index (χ0v) is 16.1. The molecule has 2 aromatic carbocycles. The van der Waals surface area contributed by atoms with Crippen molar-refractivity contribution < 1.29 is 19.5 Å². The minimum Gasteiger partial charge on any atom is -0.480 e. The van der Waals surface area contributed by atoms with Crippen molar-refractivity contribution >= 4 is 28.6 Å². The van der Waals surface area contributed by atoms with Gasteiger partial charge in [0.2, 0.25) is 11.8 Å². The third-order valence-corrected chi connectivity index (χ3v) is 5.37. The maximum atomic E-state index is 12.8. The van der Waals surface area contributed by atoms with Gasteiger partial charge in [0.25, 0.3) is 0 Å². The van der Waals surface area contributed by atoms with E-state index >= 15 is 0 Å². The number of likely N-dealkylation sites (tertiary alicyclic amines) is 1. The van der Waals surface area contributed by atoms with Crippen LogP contribution >= 0.6 is 0 Å². The first-order valence-corrected chi connectivity index (χ1v) is 9.68. The Balaban J connectivity index is 1.63. The van der Waals surface area contributed by atoms with Gasteiger partial charge >= 0.3 is 5.97 Å². The Labute approximate surface area is 164 Å². The molecule has 148 valence electrons. The first-order valence-electron chi connectivity index (χ1n) is 9.68. The number of benzene rings is 2. The highest BCUT2D eigenvalue weighted by Crippen LogP contribution is 2.20. The lowest BCUT2D eigenvalue weighted by atomic mass is 10.0. The van der Waals surface area contributed by atoms with Crippen molar-refractivity contribution in [2.75, 3.05) is 19.6 Å². The number of carboxylic acid groups (broad SMARTS) is 1. The van der Waals surface area contributed by atoms with E-state index in [9.17, 15) is 14.4 Å². The summed E-state index contributed by atoms with van der Waals surface area (Å²) in [4.78, 5) is 38.9. The van der Waals surface area contributed by atoms with E-state index in [-0.39, 0.29) is 24.4 Å². The van der Waals surface area contributed by atoms with Crippen LogP contribution in [0.1, 0.15) is 31.7 Å². The van der Waals surface area contributed by atoms with E-state index < -0.39 is 5.97 Å².